The van der Waals surface area contributed by atoms with E-state index in [0.29, 0.717) is 10.7 Å². The van der Waals surface area contributed by atoms with E-state index < -0.39 is 0 Å². The summed E-state index contributed by atoms with van der Waals surface area (Å²) in [6, 6.07) is 6.83. The number of isocyanates is 1. The van der Waals surface area contributed by atoms with Crippen LogP contribution in [0.5, 0.6) is 0 Å². The SMILES string of the molecule is CN=C=O.Cc1c(Cl)cc(-c2ccc(=O)[nH]n2)cc1Br. The molecule has 20 heavy (non-hydrogen) atoms. The molecule has 0 spiro atoms. The zero-order chi connectivity index (χ0) is 15.1. The van der Waals surface area contributed by atoms with Gasteiger partial charge < -0.3 is 0 Å². The van der Waals surface area contributed by atoms with Crippen molar-refractivity contribution < 1.29 is 4.79 Å². The zero-order valence-electron chi connectivity index (χ0n) is 10.8. The Bertz CT molecular complexity index is 666. The van der Waals surface area contributed by atoms with E-state index in [9.17, 15) is 4.79 Å². The summed E-state index contributed by atoms with van der Waals surface area (Å²) < 4.78 is 0.919. The fourth-order valence-electron chi connectivity index (χ4n) is 1.30. The van der Waals surface area contributed by atoms with Crippen LogP contribution in [0, 0.1) is 6.92 Å². The van der Waals surface area contributed by atoms with Gasteiger partial charge in [-0.2, -0.15) is 5.10 Å². The fourth-order valence-corrected chi connectivity index (χ4v) is 2.09. The summed E-state index contributed by atoms with van der Waals surface area (Å²) in [5.74, 6) is 0. The number of rotatable bonds is 1. The van der Waals surface area contributed by atoms with Gasteiger partial charge in [-0.3, -0.25) is 4.79 Å². The maximum absolute atomic E-state index is 10.9. The van der Waals surface area contributed by atoms with Crippen LogP contribution in [0.1, 0.15) is 5.56 Å². The molecular formula is C13H11BrClN3O2. The molecule has 0 saturated carbocycles. The lowest BCUT2D eigenvalue weighted by atomic mass is 10.1. The molecule has 0 aliphatic carbocycles. The average molecular weight is 357 g/mol. The Balaban J connectivity index is 0.000000444. The minimum Gasteiger partial charge on any atom is -0.268 e. The lowest BCUT2D eigenvalue weighted by molar-refractivity contribution is 0.564. The van der Waals surface area contributed by atoms with E-state index in [4.69, 9.17) is 16.4 Å². The van der Waals surface area contributed by atoms with Crippen LogP contribution in [-0.4, -0.2) is 23.3 Å². The van der Waals surface area contributed by atoms with Crippen LogP contribution in [0.3, 0.4) is 0 Å². The Morgan fingerprint density at radius 1 is 1.40 bits per heavy atom. The van der Waals surface area contributed by atoms with Gasteiger partial charge in [-0.1, -0.05) is 27.5 Å². The number of hydrogen-bond donors (Lipinski definition) is 1. The summed E-state index contributed by atoms with van der Waals surface area (Å²) in [5.41, 5.74) is 2.30. The third kappa shape index (κ3) is 4.42. The molecule has 0 saturated heterocycles. The minimum absolute atomic E-state index is 0.221. The van der Waals surface area contributed by atoms with E-state index >= 15 is 0 Å². The second-order valence-corrected chi connectivity index (χ2v) is 4.95. The summed E-state index contributed by atoms with van der Waals surface area (Å²) >= 11 is 9.50. The van der Waals surface area contributed by atoms with Crippen LogP contribution in [0.2, 0.25) is 5.02 Å². The van der Waals surface area contributed by atoms with E-state index in [1.807, 2.05) is 19.1 Å². The number of nitrogens with one attached hydrogen (secondary N) is 1. The van der Waals surface area contributed by atoms with Gasteiger partial charge in [0, 0.05) is 28.2 Å². The molecule has 0 fully saturated rings. The zero-order valence-corrected chi connectivity index (χ0v) is 13.1. The number of aromatic amines is 1. The molecule has 1 heterocycles. The van der Waals surface area contributed by atoms with E-state index in [0.717, 1.165) is 15.6 Å². The van der Waals surface area contributed by atoms with Crippen molar-refractivity contribution in [2.24, 2.45) is 4.99 Å². The molecule has 0 aliphatic heterocycles. The van der Waals surface area contributed by atoms with Gasteiger partial charge in [-0.15, -0.1) is 0 Å². The molecule has 0 amide bonds. The van der Waals surface area contributed by atoms with Crippen molar-refractivity contribution in [3.05, 3.63) is 49.7 Å². The van der Waals surface area contributed by atoms with Crippen LogP contribution >= 0.6 is 27.5 Å². The highest BCUT2D eigenvalue weighted by molar-refractivity contribution is 9.10. The number of nitrogens with zero attached hydrogens (tertiary/aromatic N) is 2. The van der Waals surface area contributed by atoms with Crippen molar-refractivity contribution in [3.8, 4) is 11.3 Å². The summed E-state index contributed by atoms with van der Waals surface area (Å²) in [6.07, 6.45) is 1.31. The van der Waals surface area contributed by atoms with E-state index in [-0.39, 0.29) is 5.56 Å². The Labute approximate surface area is 128 Å². The molecule has 2 aromatic rings. The third-order valence-corrected chi connectivity index (χ3v) is 3.56. The van der Waals surface area contributed by atoms with Crippen molar-refractivity contribution in [1.29, 1.82) is 0 Å². The van der Waals surface area contributed by atoms with Gasteiger partial charge in [-0.25, -0.2) is 14.9 Å². The number of H-pyrrole nitrogens is 1. The molecule has 0 unspecified atom stereocenters. The van der Waals surface area contributed by atoms with Gasteiger partial charge in [0.15, 0.2) is 0 Å². The molecule has 0 radical (unpaired) electrons. The van der Waals surface area contributed by atoms with E-state index in [1.54, 1.807) is 6.07 Å². The standard InChI is InChI=1S/C11H8BrClN2O.C2H3NO/c1-6-8(12)4-7(5-9(6)13)10-2-3-11(16)15-14-10;1-3-2-4/h2-5H,1H3,(H,15,16);1H3. The van der Waals surface area contributed by atoms with Gasteiger partial charge in [0.05, 0.1) is 5.69 Å². The van der Waals surface area contributed by atoms with Crippen LogP contribution < -0.4 is 5.56 Å². The van der Waals surface area contributed by atoms with Crippen LogP contribution in [0.4, 0.5) is 0 Å². The molecule has 104 valence electrons. The van der Waals surface area contributed by atoms with Gasteiger partial charge in [0.1, 0.15) is 0 Å². The monoisotopic (exact) mass is 355 g/mol. The Hall–Kier alpha value is -1.75. The van der Waals surface area contributed by atoms with Crippen molar-refractivity contribution in [2.75, 3.05) is 7.05 Å². The molecule has 1 aromatic heterocycles. The molecule has 1 aromatic carbocycles. The quantitative estimate of drug-likeness (QED) is 0.630. The topological polar surface area (TPSA) is 75.2 Å². The molecule has 5 nitrogen and oxygen atoms in total. The lowest BCUT2D eigenvalue weighted by Gasteiger charge is -2.05. The number of aliphatic imine (C=N–C) groups is 1. The first-order chi connectivity index (χ1) is 9.49. The van der Waals surface area contributed by atoms with Crippen molar-refractivity contribution in [2.45, 2.75) is 6.92 Å². The van der Waals surface area contributed by atoms with Gasteiger partial charge in [-0.05, 0) is 30.7 Å². The molecule has 0 bridgehead atoms. The minimum atomic E-state index is -0.221. The van der Waals surface area contributed by atoms with Gasteiger partial charge >= 0.3 is 0 Å². The van der Waals surface area contributed by atoms with E-state index in [1.165, 1.54) is 19.2 Å². The highest BCUT2D eigenvalue weighted by Crippen LogP contribution is 2.29. The Morgan fingerprint density at radius 3 is 2.50 bits per heavy atom. The van der Waals surface area contributed by atoms with E-state index in [2.05, 4.69) is 31.1 Å². The first-order valence-corrected chi connectivity index (χ1v) is 6.64. The second-order valence-electron chi connectivity index (χ2n) is 3.69. The maximum Gasteiger partial charge on any atom is 0.264 e. The molecule has 0 aliphatic rings. The molecule has 7 heteroatoms. The average Bonchev–Trinajstić information content (AvgIpc) is 2.45. The molecule has 0 atom stereocenters. The number of halogens is 2. The second kappa shape index (κ2) is 7.75. The summed E-state index contributed by atoms with van der Waals surface area (Å²) in [7, 11) is 1.38. The fraction of sp³-hybridized carbons (Fsp3) is 0.154. The van der Waals surface area contributed by atoms with Gasteiger partial charge in [0.2, 0.25) is 6.08 Å². The van der Waals surface area contributed by atoms with Gasteiger partial charge in [0.25, 0.3) is 5.56 Å². The highest BCUT2D eigenvalue weighted by Gasteiger charge is 2.06. The normalized spacial score (nSPS) is 9.20. The number of benzene rings is 1. The van der Waals surface area contributed by atoms with Crippen LogP contribution in [0.25, 0.3) is 11.3 Å². The largest absolute Gasteiger partial charge is 0.268 e. The smallest absolute Gasteiger partial charge is 0.264 e. The molecule has 2 rings (SSSR count). The summed E-state index contributed by atoms with van der Waals surface area (Å²) in [6.45, 7) is 1.93. The first kappa shape index (κ1) is 16.3. The highest BCUT2D eigenvalue weighted by atomic mass is 79.9. The third-order valence-electron chi connectivity index (χ3n) is 2.35. The molecule has 1 N–H and O–H groups in total. The molecular weight excluding hydrogens is 346 g/mol. The first-order valence-electron chi connectivity index (χ1n) is 5.47. The Kier molecular flexibility index (Phi) is 6.31. The Morgan fingerprint density at radius 2 is 2.05 bits per heavy atom. The van der Waals surface area contributed by atoms with Crippen molar-refractivity contribution in [1.82, 2.24) is 10.2 Å². The lowest BCUT2D eigenvalue weighted by Crippen LogP contribution is -2.05. The van der Waals surface area contributed by atoms with Crippen LogP contribution in [0.15, 0.2) is 38.5 Å². The van der Waals surface area contributed by atoms with Crippen molar-refractivity contribution in [3.63, 3.8) is 0 Å². The summed E-state index contributed by atoms with van der Waals surface area (Å²) in [4.78, 5) is 22.7. The number of carbonyl (C=O) groups excluding carboxylic acids is 1. The summed E-state index contributed by atoms with van der Waals surface area (Å²) in [5, 5.41) is 7.00. The number of aromatic nitrogens is 2. The predicted octanol–water partition coefficient (Wildman–Crippen LogP) is 3.11. The van der Waals surface area contributed by atoms with Crippen LogP contribution in [-0.2, 0) is 4.79 Å². The number of hydrogen-bond acceptors (Lipinski definition) is 4. The van der Waals surface area contributed by atoms with Crippen molar-refractivity contribution >= 4 is 33.6 Å². The maximum atomic E-state index is 10.9. The predicted molar refractivity (Wildman–Crippen MR) is 81.8 cm³/mol.